The molecule has 1 aromatic heterocycles. The van der Waals surface area contributed by atoms with Gasteiger partial charge in [-0.2, -0.15) is 4.98 Å². The predicted octanol–water partition coefficient (Wildman–Crippen LogP) is 4.44. The van der Waals surface area contributed by atoms with E-state index in [1.165, 1.54) is 0 Å². The van der Waals surface area contributed by atoms with Gasteiger partial charge in [0.2, 0.25) is 17.6 Å². The summed E-state index contributed by atoms with van der Waals surface area (Å²) in [6, 6.07) is 14.1. The first-order valence-electron chi connectivity index (χ1n) is 9.96. The first-order valence-corrected chi connectivity index (χ1v) is 10.3. The number of carbonyl (C=O) groups excluding carboxylic acids is 2. The van der Waals surface area contributed by atoms with E-state index in [4.69, 9.17) is 16.1 Å². The quantitative estimate of drug-likeness (QED) is 0.612. The van der Waals surface area contributed by atoms with E-state index in [2.05, 4.69) is 20.8 Å². The molecule has 0 aliphatic carbocycles. The van der Waals surface area contributed by atoms with Gasteiger partial charge < -0.3 is 20.1 Å². The Morgan fingerprint density at radius 1 is 1.23 bits per heavy atom. The summed E-state index contributed by atoms with van der Waals surface area (Å²) in [4.78, 5) is 30.6. The lowest BCUT2D eigenvalue weighted by atomic mass is 10.1. The van der Waals surface area contributed by atoms with Crippen LogP contribution in [-0.2, 0) is 4.79 Å². The van der Waals surface area contributed by atoms with Crippen LogP contribution in [0, 0.1) is 0 Å². The second-order valence-corrected chi connectivity index (χ2v) is 8.11. The first kappa shape index (κ1) is 20.9. The van der Waals surface area contributed by atoms with Crippen molar-refractivity contribution >= 4 is 34.9 Å². The van der Waals surface area contributed by atoms with Crippen LogP contribution in [0.15, 0.2) is 53.1 Å². The fraction of sp³-hybridized carbons (Fsp3) is 0.273. The number of hydrogen-bond donors (Lipinski definition) is 2. The fourth-order valence-corrected chi connectivity index (χ4v) is 3.63. The van der Waals surface area contributed by atoms with Crippen LogP contribution in [0.5, 0.6) is 0 Å². The van der Waals surface area contributed by atoms with Gasteiger partial charge in [-0.3, -0.25) is 4.79 Å². The monoisotopic (exact) mass is 439 g/mol. The van der Waals surface area contributed by atoms with Crippen LogP contribution in [0.1, 0.15) is 32.1 Å². The van der Waals surface area contributed by atoms with E-state index in [0.717, 1.165) is 5.69 Å². The minimum Gasteiger partial charge on any atom is -0.339 e. The molecule has 1 atom stereocenters. The highest BCUT2D eigenvalue weighted by molar-refractivity contribution is 6.30. The molecule has 0 radical (unpaired) electrons. The Hall–Kier alpha value is -3.39. The summed E-state index contributed by atoms with van der Waals surface area (Å²) < 4.78 is 5.47. The smallest absolute Gasteiger partial charge is 0.319 e. The van der Waals surface area contributed by atoms with E-state index in [9.17, 15) is 9.59 Å². The molecular formula is C22H22ClN5O3. The largest absolute Gasteiger partial charge is 0.339 e. The molecule has 0 spiro atoms. The number of carbonyl (C=O) groups is 2. The molecule has 1 aliphatic heterocycles. The molecule has 8 nitrogen and oxygen atoms in total. The van der Waals surface area contributed by atoms with Gasteiger partial charge in [-0.15, -0.1) is 0 Å². The van der Waals surface area contributed by atoms with Crippen LogP contribution in [-0.4, -0.2) is 34.7 Å². The zero-order chi connectivity index (χ0) is 22.0. The van der Waals surface area contributed by atoms with Crippen molar-refractivity contribution in [3.8, 4) is 11.4 Å². The molecule has 1 aliphatic rings. The van der Waals surface area contributed by atoms with E-state index >= 15 is 0 Å². The summed E-state index contributed by atoms with van der Waals surface area (Å²) in [5.74, 6) is 0.584. The van der Waals surface area contributed by atoms with E-state index < -0.39 is 0 Å². The lowest BCUT2D eigenvalue weighted by Gasteiger charge is -2.16. The van der Waals surface area contributed by atoms with E-state index in [-0.39, 0.29) is 30.3 Å². The standard InChI is InChI=1S/C22H22ClN5O3/c1-13(2)24-22(30)25-17-7-3-5-14(9-17)20-26-21(31-27-20)15-10-19(29)28(12-15)18-8-4-6-16(23)11-18/h3-9,11,13,15H,10,12H2,1-2H3,(H2,24,25,30). The van der Waals surface area contributed by atoms with Crippen molar-refractivity contribution in [3.05, 3.63) is 59.4 Å². The maximum Gasteiger partial charge on any atom is 0.319 e. The Bertz CT molecular complexity index is 1110. The molecule has 1 fully saturated rings. The molecule has 3 amide bonds. The normalized spacial score (nSPS) is 16.1. The van der Waals surface area contributed by atoms with Crippen LogP contribution in [0.3, 0.4) is 0 Å². The number of anilines is 2. The predicted molar refractivity (Wildman–Crippen MR) is 118 cm³/mol. The minimum atomic E-state index is -0.286. The number of nitrogens with one attached hydrogen (secondary N) is 2. The number of rotatable bonds is 5. The number of hydrogen-bond acceptors (Lipinski definition) is 5. The van der Waals surface area contributed by atoms with Gasteiger partial charge >= 0.3 is 6.03 Å². The summed E-state index contributed by atoms with van der Waals surface area (Å²) in [5.41, 5.74) is 2.07. The maximum atomic E-state index is 12.5. The molecule has 0 bridgehead atoms. The molecule has 2 heterocycles. The number of nitrogens with zero attached hydrogens (tertiary/aromatic N) is 3. The Morgan fingerprint density at radius 2 is 2.03 bits per heavy atom. The number of amides is 3. The third kappa shape index (κ3) is 4.86. The third-order valence-electron chi connectivity index (χ3n) is 4.83. The summed E-state index contributed by atoms with van der Waals surface area (Å²) in [6.07, 6.45) is 0.283. The molecule has 160 valence electrons. The van der Waals surface area contributed by atoms with Gasteiger partial charge in [0.05, 0.1) is 5.92 Å². The molecular weight excluding hydrogens is 418 g/mol. The van der Waals surface area contributed by atoms with Crippen molar-refractivity contribution in [3.63, 3.8) is 0 Å². The average molecular weight is 440 g/mol. The number of halogens is 1. The molecule has 31 heavy (non-hydrogen) atoms. The summed E-state index contributed by atoms with van der Waals surface area (Å²) in [7, 11) is 0. The second kappa shape index (κ2) is 8.77. The fourth-order valence-electron chi connectivity index (χ4n) is 3.45. The van der Waals surface area contributed by atoms with Gasteiger partial charge in [0, 0.05) is 41.0 Å². The van der Waals surface area contributed by atoms with Crippen LogP contribution >= 0.6 is 11.6 Å². The molecule has 1 saturated heterocycles. The summed E-state index contributed by atoms with van der Waals surface area (Å²) >= 11 is 6.06. The van der Waals surface area contributed by atoms with Gasteiger partial charge in [0.25, 0.3) is 0 Å². The average Bonchev–Trinajstić information content (AvgIpc) is 3.34. The van der Waals surface area contributed by atoms with Crippen LogP contribution in [0.25, 0.3) is 11.4 Å². The highest BCUT2D eigenvalue weighted by Crippen LogP contribution is 2.33. The molecule has 2 aromatic carbocycles. The van der Waals surface area contributed by atoms with Gasteiger partial charge in [-0.05, 0) is 44.2 Å². The topological polar surface area (TPSA) is 100 Å². The molecule has 3 aromatic rings. The second-order valence-electron chi connectivity index (χ2n) is 7.68. The van der Waals surface area contributed by atoms with Crippen molar-refractivity contribution in [2.75, 3.05) is 16.8 Å². The summed E-state index contributed by atoms with van der Waals surface area (Å²) in [6.45, 7) is 4.22. The zero-order valence-corrected chi connectivity index (χ0v) is 17.9. The molecule has 9 heteroatoms. The molecule has 4 rings (SSSR count). The van der Waals surface area contributed by atoms with E-state index in [1.807, 2.05) is 32.0 Å². The summed E-state index contributed by atoms with van der Waals surface area (Å²) in [5, 5.41) is 10.2. The third-order valence-corrected chi connectivity index (χ3v) is 5.07. The van der Waals surface area contributed by atoms with Gasteiger partial charge in [-0.1, -0.05) is 35.0 Å². The molecule has 2 N–H and O–H groups in total. The number of benzene rings is 2. The van der Waals surface area contributed by atoms with E-state index in [0.29, 0.717) is 34.5 Å². The lowest BCUT2D eigenvalue weighted by Crippen LogP contribution is -2.34. The highest BCUT2D eigenvalue weighted by Gasteiger charge is 2.35. The zero-order valence-electron chi connectivity index (χ0n) is 17.1. The Kier molecular flexibility index (Phi) is 5.90. The van der Waals surface area contributed by atoms with Crippen LogP contribution < -0.4 is 15.5 Å². The van der Waals surface area contributed by atoms with Crippen molar-refractivity contribution in [2.45, 2.75) is 32.2 Å². The molecule has 0 saturated carbocycles. The molecule has 1 unspecified atom stereocenters. The highest BCUT2D eigenvalue weighted by atomic mass is 35.5. The first-order chi connectivity index (χ1) is 14.9. The van der Waals surface area contributed by atoms with E-state index in [1.54, 1.807) is 35.2 Å². The van der Waals surface area contributed by atoms with Crippen molar-refractivity contribution in [1.82, 2.24) is 15.5 Å². The van der Waals surface area contributed by atoms with Crippen molar-refractivity contribution in [1.29, 1.82) is 0 Å². The van der Waals surface area contributed by atoms with Crippen molar-refractivity contribution in [2.24, 2.45) is 0 Å². The Labute approximate surface area is 184 Å². The Morgan fingerprint density at radius 3 is 2.81 bits per heavy atom. The number of urea groups is 1. The lowest BCUT2D eigenvalue weighted by molar-refractivity contribution is -0.117. The Balaban J connectivity index is 1.48. The van der Waals surface area contributed by atoms with Gasteiger partial charge in [0.15, 0.2) is 0 Å². The minimum absolute atomic E-state index is 0.0191. The number of aromatic nitrogens is 2. The SMILES string of the molecule is CC(C)NC(=O)Nc1cccc(-c2noc(C3CC(=O)N(c4cccc(Cl)c4)C3)n2)c1. The van der Waals surface area contributed by atoms with Gasteiger partial charge in [-0.25, -0.2) is 4.79 Å². The van der Waals surface area contributed by atoms with Crippen LogP contribution in [0.4, 0.5) is 16.2 Å². The van der Waals surface area contributed by atoms with Crippen LogP contribution in [0.2, 0.25) is 5.02 Å². The van der Waals surface area contributed by atoms with Crippen molar-refractivity contribution < 1.29 is 14.1 Å². The maximum absolute atomic E-state index is 12.5. The van der Waals surface area contributed by atoms with Gasteiger partial charge in [0.1, 0.15) is 0 Å².